The molecule has 70 valence electrons. The van der Waals surface area contributed by atoms with Gasteiger partial charge < -0.3 is 0 Å². The van der Waals surface area contributed by atoms with Crippen molar-refractivity contribution in [1.82, 2.24) is 9.55 Å². The molecular weight excluding hydrogens is 200 g/mol. The number of aromatic nitrogens is 2. The maximum atomic E-state index is 11.5. The highest BCUT2D eigenvalue weighted by Gasteiger charge is 2.02. The van der Waals surface area contributed by atoms with Crippen LogP contribution in [-0.4, -0.2) is 9.55 Å². The lowest BCUT2D eigenvalue weighted by atomic mass is 10.3. The predicted molar refractivity (Wildman–Crippen MR) is 54.8 cm³/mol. The predicted octanol–water partition coefficient (Wildman–Crippen LogP) is 1.89. The molecule has 0 atom stereocenters. The van der Waals surface area contributed by atoms with Gasteiger partial charge in [0.2, 0.25) is 0 Å². The zero-order valence-corrected chi connectivity index (χ0v) is 7.98. The van der Waals surface area contributed by atoms with E-state index in [0.717, 1.165) is 5.69 Å². The first-order valence-electron chi connectivity index (χ1n) is 4.07. The van der Waals surface area contributed by atoms with Crippen molar-refractivity contribution in [2.75, 3.05) is 0 Å². The third-order valence-electron chi connectivity index (χ3n) is 1.83. The third-order valence-corrected chi connectivity index (χ3v) is 2.09. The van der Waals surface area contributed by atoms with Crippen LogP contribution in [0.1, 0.15) is 0 Å². The van der Waals surface area contributed by atoms with Gasteiger partial charge in [0.15, 0.2) is 5.15 Å². The Morgan fingerprint density at radius 3 is 2.64 bits per heavy atom. The lowest BCUT2D eigenvalue weighted by Gasteiger charge is -2.03. The first kappa shape index (κ1) is 8.97. The topological polar surface area (TPSA) is 34.9 Å². The number of hydrogen-bond acceptors (Lipinski definition) is 2. The minimum absolute atomic E-state index is 0.0173. The standard InChI is InChI=1S/C10H7ClN2O/c11-9-10(14)13(7-6-12-9)8-4-2-1-3-5-8/h1-7H. The van der Waals surface area contributed by atoms with Crippen LogP contribution in [0.2, 0.25) is 5.15 Å². The van der Waals surface area contributed by atoms with Crippen molar-refractivity contribution in [3.63, 3.8) is 0 Å². The Labute approximate surface area is 85.6 Å². The Morgan fingerprint density at radius 1 is 1.21 bits per heavy atom. The first-order chi connectivity index (χ1) is 6.79. The molecule has 0 amide bonds. The zero-order valence-electron chi connectivity index (χ0n) is 7.22. The van der Waals surface area contributed by atoms with Crippen LogP contribution in [0.3, 0.4) is 0 Å². The summed E-state index contributed by atoms with van der Waals surface area (Å²) in [5.41, 5.74) is 0.474. The summed E-state index contributed by atoms with van der Waals surface area (Å²) in [6, 6.07) is 9.26. The minimum Gasteiger partial charge on any atom is -0.280 e. The Hall–Kier alpha value is -1.61. The highest BCUT2D eigenvalue weighted by Crippen LogP contribution is 2.04. The molecule has 0 N–H and O–H groups in total. The second kappa shape index (κ2) is 3.64. The summed E-state index contributed by atoms with van der Waals surface area (Å²) < 4.78 is 1.45. The van der Waals surface area contributed by atoms with Gasteiger partial charge in [-0.1, -0.05) is 29.8 Å². The van der Waals surface area contributed by atoms with E-state index in [-0.39, 0.29) is 10.7 Å². The molecule has 0 saturated heterocycles. The molecule has 1 heterocycles. The molecular formula is C10H7ClN2O. The maximum absolute atomic E-state index is 11.5. The summed E-state index contributed by atoms with van der Waals surface area (Å²) in [5, 5.41) is -0.0173. The monoisotopic (exact) mass is 206 g/mol. The van der Waals surface area contributed by atoms with E-state index in [1.807, 2.05) is 30.3 Å². The second-order valence-corrected chi connectivity index (χ2v) is 3.09. The fraction of sp³-hybridized carbons (Fsp3) is 0. The molecule has 0 spiro atoms. The number of nitrogens with zero attached hydrogens (tertiary/aromatic N) is 2. The van der Waals surface area contributed by atoms with Crippen LogP contribution in [-0.2, 0) is 0 Å². The summed E-state index contributed by atoms with van der Waals surface area (Å²) in [5.74, 6) is 0. The largest absolute Gasteiger partial charge is 0.292 e. The van der Waals surface area contributed by atoms with E-state index in [4.69, 9.17) is 11.6 Å². The van der Waals surface area contributed by atoms with Crippen LogP contribution in [0.4, 0.5) is 0 Å². The van der Waals surface area contributed by atoms with E-state index >= 15 is 0 Å². The average molecular weight is 207 g/mol. The number of halogens is 1. The number of hydrogen-bond donors (Lipinski definition) is 0. The summed E-state index contributed by atoms with van der Waals surface area (Å²) in [7, 11) is 0. The minimum atomic E-state index is -0.305. The lowest BCUT2D eigenvalue weighted by Crippen LogP contribution is -2.18. The molecule has 14 heavy (non-hydrogen) atoms. The van der Waals surface area contributed by atoms with Crippen LogP contribution in [0.25, 0.3) is 5.69 Å². The molecule has 0 fully saturated rings. The molecule has 0 aliphatic rings. The third kappa shape index (κ3) is 1.54. The van der Waals surface area contributed by atoms with Crippen molar-refractivity contribution in [3.05, 3.63) is 58.2 Å². The van der Waals surface area contributed by atoms with Crippen molar-refractivity contribution in [2.45, 2.75) is 0 Å². The number of benzene rings is 1. The highest BCUT2D eigenvalue weighted by molar-refractivity contribution is 6.29. The van der Waals surface area contributed by atoms with Gasteiger partial charge in [-0.25, -0.2) is 4.98 Å². The summed E-state index contributed by atoms with van der Waals surface area (Å²) in [4.78, 5) is 15.2. The van der Waals surface area contributed by atoms with Gasteiger partial charge in [0.25, 0.3) is 5.56 Å². The van der Waals surface area contributed by atoms with Gasteiger partial charge in [0.1, 0.15) is 0 Å². The fourth-order valence-corrected chi connectivity index (χ4v) is 1.33. The summed E-state index contributed by atoms with van der Waals surface area (Å²) in [6.07, 6.45) is 3.08. The molecule has 4 heteroatoms. The van der Waals surface area contributed by atoms with Gasteiger partial charge in [-0.15, -0.1) is 0 Å². The number of rotatable bonds is 1. The smallest absolute Gasteiger partial charge is 0.280 e. The van der Waals surface area contributed by atoms with Crippen LogP contribution in [0.5, 0.6) is 0 Å². The van der Waals surface area contributed by atoms with Crippen LogP contribution >= 0.6 is 11.6 Å². The van der Waals surface area contributed by atoms with Crippen molar-refractivity contribution in [1.29, 1.82) is 0 Å². The van der Waals surface area contributed by atoms with Crippen LogP contribution in [0.15, 0.2) is 47.5 Å². The Bertz CT molecular complexity index is 493. The lowest BCUT2D eigenvalue weighted by molar-refractivity contribution is 0.957. The average Bonchev–Trinajstić information content (AvgIpc) is 2.23. The van der Waals surface area contributed by atoms with Crippen molar-refractivity contribution < 1.29 is 0 Å². The summed E-state index contributed by atoms with van der Waals surface area (Å²) in [6.45, 7) is 0. The molecule has 0 bridgehead atoms. The van der Waals surface area contributed by atoms with Gasteiger partial charge in [0.05, 0.1) is 0 Å². The van der Waals surface area contributed by atoms with Crippen LogP contribution in [0, 0.1) is 0 Å². The van der Waals surface area contributed by atoms with Gasteiger partial charge in [0, 0.05) is 18.1 Å². The molecule has 0 aliphatic carbocycles. The van der Waals surface area contributed by atoms with Crippen molar-refractivity contribution in [2.24, 2.45) is 0 Å². The van der Waals surface area contributed by atoms with E-state index in [9.17, 15) is 4.79 Å². The quantitative estimate of drug-likeness (QED) is 0.714. The first-order valence-corrected chi connectivity index (χ1v) is 4.45. The molecule has 0 unspecified atom stereocenters. The van der Waals surface area contributed by atoms with E-state index in [2.05, 4.69) is 4.98 Å². The summed E-state index contributed by atoms with van der Waals surface area (Å²) >= 11 is 5.62. The number of para-hydroxylation sites is 1. The van der Waals surface area contributed by atoms with Gasteiger partial charge in [-0.05, 0) is 12.1 Å². The van der Waals surface area contributed by atoms with Gasteiger partial charge in [-0.3, -0.25) is 9.36 Å². The van der Waals surface area contributed by atoms with Crippen LogP contribution < -0.4 is 5.56 Å². The molecule has 2 rings (SSSR count). The molecule has 0 radical (unpaired) electrons. The highest BCUT2D eigenvalue weighted by atomic mass is 35.5. The normalized spacial score (nSPS) is 10.1. The fourth-order valence-electron chi connectivity index (χ4n) is 1.18. The molecule has 0 aliphatic heterocycles. The van der Waals surface area contributed by atoms with E-state index in [1.165, 1.54) is 10.8 Å². The molecule has 2 aromatic rings. The molecule has 1 aromatic heterocycles. The van der Waals surface area contributed by atoms with Gasteiger partial charge in [-0.2, -0.15) is 0 Å². The maximum Gasteiger partial charge on any atom is 0.292 e. The Balaban J connectivity index is 2.64. The molecule has 3 nitrogen and oxygen atoms in total. The van der Waals surface area contributed by atoms with Gasteiger partial charge >= 0.3 is 0 Å². The Morgan fingerprint density at radius 2 is 1.93 bits per heavy atom. The SMILES string of the molecule is O=c1c(Cl)nccn1-c1ccccc1. The Kier molecular flexibility index (Phi) is 2.33. The van der Waals surface area contributed by atoms with Crippen molar-refractivity contribution in [3.8, 4) is 5.69 Å². The van der Waals surface area contributed by atoms with E-state index in [0.29, 0.717) is 0 Å². The zero-order chi connectivity index (χ0) is 9.97. The van der Waals surface area contributed by atoms with E-state index in [1.54, 1.807) is 6.20 Å². The second-order valence-electron chi connectivity index (χ2n) is 2.73. The van der Waals surface area contributed by atoms with Crippen molar-refractivity contribution >= 4 is 11.6 Å². The molecule has 0 saturated carbocycles. The molecule has 1 aromatic carbocycles. The van der Waals surface area contributed by atoms with E-state index < -0.39 is 0 Å².